The number of hydrogen-bond donors (Lipinski definition) is 0. The molecule has 2 aliphatic carbocycles. The Morgan fingerprint density at radius 2 is 0.587 bits per heavy atom. The summed E-state index contributed by atoms with van der Waals surface area (Å²) >= 11 is 0. The highest BCUT2D eigenvalue weighted by Crippen LogP contribution is 2.62. The Balaban J connectivity index is 0.000000144. The van der Waals surface area contributed by atoms with Crippen molar-refractivity contribution < 1.29 is 0 Å². The summed E-state index contributed by atoms with van der Waals surface area (Å²) in [6.45, 7) is 9.45. The van der Waals surface area contributed by atoms with Crippen molar-refractivity contribution in [3.05, 3.63) is 504 Å². The van der Waals surface area contributed by atoms with Crippen molar-refractivity contribution in [3.8, 4) is 39.1 Å². The minimum absolute atomic E-state index is 0.0983. The topological polar surface area (TPSA) is 19.6 Å². The van der Waals surface area contributed by atoms with Crippen LogP contribution in [0.15, 0.2) is 443 Å². The van der Waals surface area contributed by atoms with E-state index in [1.807, 2.05) is 0 Å². The summed E-state index contributed by atoms with van der Waals surface area (Å²) in [5, 5.41) is 5.00. The lowest BCUT2D eigenvalue weighted by atomic mass is 9.62. The largest absolute Gasteiger partial charge is 0.322 e. The molecular weight excluding hydrogens is 1460 g/mol. The number of anilines is 9. The molecule has 20 aromatic rings. The first-order valence-electron chi connectivity index (χ1n) is 42.3. The molecule has 24 rings (SSSR count). The fraction of sp³-hybridized carbons (Fsp3) is 0.0690. The fourth-order valence-corrected chi connectivity index (χ4v) is 21.5. The van der Waals surface area contributed by atoms with Gasteiger partial charge in [-0.25, -0.2) is 0 Å². The van der Waals surface area contributed by atoms with Gasteiger partial charge in [-0.15, -0.1) is 0 Å². The van der Waals surface area contributed by atoms with Gasteiger partial charge < -0.3 is 23.8 Å². The van der Waals surface area contributed by atoms with Crippen molar-refractivity contribution >= 4 is 94.8 Å². The third-order valence-electron chi connectivity index (χ3n) is 26.9. The van der Waals surface area contributed by atoms with E-state index in [2.05, 4.69) is 494 Å². The maximum atomic E-state index is 2.61. The molecule has 0 unspecified atom stereocenters. The molecule has 574 valence electrons. The van der Waals surface area contributed by atoms with Crippen LogP contribution in [-0.4, -0.2) is 9.13 Å². The standard InChI is InChI=1S/C64H47N3.C52H38N2/c1-63(2)55-26-12-9-23-51(55)52-42-41-50(43-58(52)63)65(47-35-33-45(34-36-47)44-19-5-3-6-20-44)48-37-39-49(40-38-48)66-61-31-17-13-27-56(61)64(46-21-7-4-8-22-46,57-28-14-18-32-62(57)66)67-59-29-15-10-24-53(59)54-25-11-16-30-60(54)67;1-51(2)43-23-11-9-21-39(43)40-31-30-38(34-46(40)51)54-49-27-15-12-24-44(49)52(35-17-5-3-6-18-35,45-25-13-16-28-50(45)54)36-29-32-48-42(33-36)41-22-10-14-26-47(41)53(48)37-19-7-4-8-20-37/h3-43H,1-2H3;3-34H,1-2H3. The lowest BCUT2D eigenvalue weighted by Crippen LogP contribution is -2.42. The smallest absolute Gasteiger partial charge is 0.125 e. The molecule has 4 heterocycles. The summed E-state index contributed by atoms with van der Waals surface area (Å²) in [7, 11) is 0. The number of benzene rings is 18. The Hall–Kier alpha value is -15.0. The van der Waals surface area contributed by atoms with Crippen LogP contribution in [0.2, 0.25) is 0 Å². The Morgan fingerprint density at radius 1 is 0.215 bits per heavy atom. The molecule has 2 aromatic heterocycles. The molecule has 0 bridgehead atoms. The summed E-state index contributed by atoms with van der Waals surface area (Å²) < 4.78 is 5.02. The first-order chi connectivity index (χ1) is 59.6. The summed E-state index contributed by atoms with van der Waals surface area (Å²) in [6.07, 6.45) is 0. The monoisotopic (exact) mass is 1550 g/mol. The zero-order valence-electron chi connectivity index (χ0n) is 67.9. The van der Waals surface area contributed by atoms with E-state index < -0.39 is 11.0 Å². The SMILES string of the molecule is CC1(C)c2ccccc2-c2ccc(N(c3ccc(-c4ccccc4)cc3)c3ccc(N4c5ccccc5C(c5ccccc5)(n5c6ccccc6c6ccccc65)c5ccccc54)cc3)cc21.CC1(C)c2ccccc2-c2ccc(N3c4ccccc4C(c4ccccc4)(c4ccc5c(c4)c4ccccc4n5-c4ccccc4)c4ccccc43)cc21. The third-order valence-corrected chi connectivity index (χ3v) is 26.9. The molecule has 2 aliphatic heterocycles. The van der Waals surface area contributed by atoms with Gasteiger partial charge in [0.1, 0.15) is 5.54 Å². The number of nitrogens with zero attached hydrogens (tertiary/aromatic N) is 5. The van der Waals surface area contributed by atoms with E-state index in [0.717, 1.165) is 34.1 Å². The van der Waals surface area contributed by atoms with Crippen LogP contribution in [0.1, 0.15) is 88.9 Å². The molecule has 18 aromatic carbocycles. The summed E-state index contributed by atoms with van der Waals surface area (Å²) in [5.74, 6) is 0. The quantitative estimate of drug-likeness (QED) is 0.129. The van der Waals surface area contributed by atoms with Crippen LogP contribution < -0.4 is 14.7 Å². The predicted octanol–water partition coefficient (Wildman–Crippen LogP) is 30.1. The average Bonchev–Trinajstić information content (AvgIpc) is 1.67. The lowest BCUT2D eigenvalue weighted by Gasteiger charge is -2.47. The van der Waals surface area contributed by atoms with Gasteiger partial charge in [-0.2, -0.15) is 0 Å². The molecule has 0 N–H and O–H groups in total. The van der Waals surface area contributed by atoms with Crippen LogP contribution in [0.4, 0.5) is 51.2 Å². The highest BCUT2D eigenvalue weighted by Gasteiger charge is 2.50. The Kier molecular flexibility index (Phi) is 16.4. The highest BCUT2D eigenvalue weighted by molar-refractivity contribution is 6.11. The van der Waals surface area contributed by atoms with Gasteiger partial charge in [-0.1, -0.05) is 343 Å². The molecule has 0 saturated heterocycles. The molecule has 0 fully saturated rings. The zero-order chi connectivity index (χ0) is 80.7. The Bertz CT molecular complexity index is 7310. The van der Waals surface area contributed by atoms with Gasteiger partial charge in [-0.05, 0) is 211 Å². The van der Waals surface area contributed by atoms with Crippen LogP contribution in [0, 0.1) is 0 Å². The van der Waals surface area contributed by atoms with Gasteiger partial charge in [0, 0.05) is 77.6 Å². The number of para-hydroxylation sites is 8. The molecule has 0 spiro atoms. The average molecular weight is 1550 g/mol. The van der Waals surface area contributed by atoms with E-state index in [9.17, 15) is 0 Å². The summed E-state index contributed by atoms with van der Waals surface area (Å²) in [6, 6.07) is 164. The fourth-order valence-electron chi connectivity index (χ4n) is 21.5. The molecule has 5 heteroatoms. The van der Waals surface area contributed by atoms with Crippen LogP contribution >= 0.6 is 0 Å². The van der Waals surface area contributed by atoms with Crippen molar-refractivity contribution in [2.45, 2.75) is 49.5 Å². The predicted molar refractivity (Wildman–Crippen MR) is 505 cm³/mol. The number of rotatable bonds is 11. The first-order valence-corrected chi connectivity index (χ1v) is 42.3. The minimum Gasteiger partial charge on any atom is -0.322 e. The second-order valence-electron chi connectivity index (χ2n) is 33.8. The van der Waals surface area contributed by atoms with Gasteiger partial charge in [0.25, 0.3) is 0 Å². The van der Waals surface area contributed by atoms with Crippen LogP contribution in [-0.2, 0) is 21.8 Å². The highest BCUT2D eigenvalue weighted by atomic mass is 15.2. The van der Waals surface area contributed by atoms with E-state index in [1.165, 1.54) is 161 Å². The second kappa shape index (κ2) is 27.8. The van der Waals surface area contributed by atoms with Crippen LogP contribution in [0.25, 0.3) is 82.7 Å². The van der Waals surface area contributed by atoms with Gasteiger partial charge in [0.05, 0.1) is 50.2 Å². The van der Waals surface area contributed by atoms with E-state index in [4.69, 9.17) is 0 Å². The maximum absolute atomic E-state index is 2.61. The van der Waals surface area contributed by atoms with Gasteiger partial charge >= 0.3 is 0 Å². The zero-order valence-corrected chi connectivity index (χ0v) is 67.9. The number of fused-ring (bicyclic) bond motifs is 16. The van der Waals surface area contributed by atoms with E-state index in [-0.39, 0.29) is 10.8 Å². The summed E-state index contributed by atoms with van der Waals surface area (Å²) in [5.41, 5.74) is 36.7. The minimum atomic E-state index is -0.697. The molecule has 0 atom stereocenters. The Morgan fingerprint density at radius 3 is 1.14 bits per heavy atom. The molecule has 0 radical (unpaired) electrons. The van der Waals surface area contributed by atoms with Crippen molar-refractivity contribution in [2.75, 3.05) is 14.7 Å². The molecule has 5 nitrogen and oxygen atoms in total. The molecular formula is C116H85N5. The van der Waals surface area contributed by atoms with E-state index >= 15 is 0 Å². The van der Waals surface area contributed by atoms with Gasteiger partial charge in [0.2, 0.25) is 0 Å². The molecule has 4 aliphatic rings. The molecule has 0 saturated carbocycles. The first kappa shape index (κ1) is 71.3. The van der Waals surface area contributed by atoms with Crippen molar-refractivity contribution in [1.29, 1.82) is 0 Å². The maximum Gasteiger partial charge on any atom is 0.125 e. The number of hydrogen-bond acceptors (Lipinski definition) is 3. The van der Waals surface area contributed by atoms with Crippen molar-refractivity contribution in [2.24, 2.45) is 0 Å². The lowest BCUT2D eigenvalue weighted by molar-refractivity contribution is 0.544. The van der Waals surface area contributed by atoms with Crippen LogP contribution in [0.5, 0.6) is 0 Å². The molecule has 121 heavy (non-hydrogen) atoms. The van der Waals surface area contributed by atoms with Crippen LogP contribution in [0.3, 0.4) is 0 Å². The normalized spacial score (nSPS) is 14.3. The third kappa shape index (κ3) is 10.7. The van der Waals surface area contributed by atoms with Crippen molar-refractivity contribution in [1.82, 2.24) is 9.13 Å². The molecule has 0 amide bonds. The Labute approximate surface area is 706 Å². The second-order valence-corrected chi connectivity index (χ2v) is 33.8. The van der Waals surface area contributed by atoms with E-state index in [0.29, 0.717) is 0 Å². The van der Waals surface area contributed by atoms with Gasteiger partial charge in [-0.3, -0.25) is 0 Å². The van der Waals surface area contributed by atoms with Gasteiger partial charge in [0.15, 0.2) is 0 Å². The number of aromatic nitrogens is 2. The van der Waals surface area contributed by atoms with Crippen molar-refractivity contribution in [3.63, 3.8) is 0 Å². The van der Waals surface area contributed by atoms with E-state index in [1.54, 1.807) is 0 Å². The summed E-state index contributed by atoms with van der Waals surface area (Å²) in [4.78, 5) is 7.39.